The summed E-state index contributed by atoms with van der Waals surface area (Å²) in [6, 6.07) is 9.42. The Balaban J connectivity index is 2.28. The van der Waals surface area contributed by atoms with E-state index in [1.807, 2.05) is 0 Å². The van der Waals surface area contributed by atoms with E-state index in [1.165, 1.54) is 12.1 Å². The Morgan fingerprint density at radius 2 is 1.95 bits per heavy atom. The van der Waals surface area contributed by atoms with E-state index in [1.54, 1.807) is 24.3 Å². The minimum Gasteiger partial charge on any atom is -0.411 e. The topological polar surface area (TPSA) is 49.8 Å². The van der Waals surface area contributed by atoms with E-state index in [9.17, 15) is 4.39 Å². The SMILES string of the molecule is [C-]#[N+]c1ccc(C#Cc2ccc(F)c(/C=N\O)n2)cc1. The van der Waals surface area contributed by atoms with Crippen LogP contribution in [0.4, 0.5) is 10.1 Å². The van der Waals surface area contributed by atoms with Crippen molar-refractivity contribution in [3.8, 4) is 11.8 Å². The largest absolute Gasteiger partial charge is 0.411 e. The second-order valence-electron chi connectivity index (χ2n) is 3.72. The van der Waals surface area contributed by atoms with Gasteiger partial charge in [0.1, 0.15) is 11.4 Å². The fraction of sp³-hybridized carbons (Fsp3) is 0. The smallest absolute Gasteiger partial charge is 0.187 e. The van der Waals surface area contributed by atoms with Crippen molar-refractivity contribution >= 4 is 11.9 Å². The second kappa shape index (κ2) is 6.12. The first-order valence-electron chi connectivity index (χ1n) is 5.56. The maximum atomic E-state index is 13.3. The number of rotatable bonds is 1. The Bertz CT molecular complexity index is 749. The highest BCUT2D eigenvalue weighted by Gasteiger charge is 2.01. The normalized spacial score (nSPS) is 9.80. The molecule has 0 spiro atoms. The van der Waals surface area contributed by atoms with Crippen LogP contribution in [-0.4, -0.2) is 16.4 Å². The lowest BCUT2D eigenvalue weighted by Crippen LogP contribution is -1.95. The van der Waals surface area contributed by atoms with Crippen LogP contribution in [0.5, 0.6) is 0 Å². The Morgan fingerprint density at radius 1 is 1.20 bits per heavy atom. The van der Waals surface area contributed by atoms with Crippen LogP contribution >= 0.6 is 0 Å². The Morgan fingerprint density at radius 3 is 2.60 bits per heavy atom. The molecule has 4 nitrogen and oxygen atoms in total. The molecule has 0 atom stereocenters. The van der Waals surface area contributed by atoms with Crippen LogP contribution in [0.25, 0.3) is 4.85 Å². The van der Waals surface area contributed by atoms with Crippen molar-refractivity contribution in [1.82, 2.24) is 4.98 Å². The van der Waals surface area contributed by atoms with Crippen molar-refractivity contribution in [2.75, 3.05) is 0 Å². The minimum atomic E-state index is -0.588. The van der Waals surface area contributed by atoms with Crippen molar-refractivity contribution in [3.63, 3.8) is 0 Å². The first kappa shape index (κ1) is 13.3. The van der Waals surface area contributed by atoms with Gasteiger partial charge in [0.25, 0.3) is 0 Å². The van der Waals surface area contributed by atoms with E-state index in [4.69, 9.17) is 11.8 Å². The summed E-state index contributed by atoms with van der Waals surface area (Å²) in [5.74, 6) is 5.04. The van der Waals surface area contributed by atoms with Gasteiger partial charge in [-0.05, 0) is 18.1 Å². The summed E-state index contributed by atoms with van der Waals surface area (Å²) >= 11 is 0. The third kappa shape index (κ3) is 3.18. The molecule has 2 rings (SSSR count). The number of halogens is 1. The van der Waals surface area contributed by atoms with E-state index in [2.05, 4.69) is 26.8 Å². The van der Waals surface area contributed by atoms with Crippen molar-refractivity contribution in [2.24, 2.45) is 5.16 Å². The van der Waals surface area contributed by atoms with Crippen molar-refractivity contribution < 1.29 is 9.60 Å². The molecule has 1 N–H and O–H groups in total. The Kier molecular flexibility index (Phi) is 4.06. The van der Waals surface area contributed by atoms with Crippen LogP contribution in [0.3, 0.4) is 0 Å². The zero-order valence-corrected chi connectivity index (χ0v) is 10.2. The van der Waals surface area contributed by atoms with Gasteiger partial charge in [-0.3, -0.25) is 0 Å². The Labute approximate surface area is 115 Å². The van der Waals surface area contributed by atoms with Crippen LogP contribution in [-0.2, 0) is 0 Å². The molecule has 0 saturated heterocycles. The first-order valence-corrected chi connectivity index (χ1v) is 5.56. The number of pyridine rings is 1. The molecule has 0 aliphatic heterocycles. The van der Waals surface area contributed by atoms with E-state index < -0.39 is 5.82 Å². The molecule has 0 bridgehead atoms. The summed E-state index contributed by atoms with van der Waals surface area (Å²) in [4.78, 5) is 7.19. The lowest BCUT2D eigenvalue weighted by molar-refractivity contribution is 0.321. The number of hydrogen-bond donors (Lipinski definition) is 1. The Hall–Kier alpha value is -3.18. The molecule has 0 radical (unpaired) electrons. The minimum absolute atomic E-state index is 0.0809. The van der Waals surface area contributed by atoms with Gasteiger partial charge in [-0.1, -0.05) is 35.3 Å². The molecule has 1 aromatic heterocycles. The summed E-state index contributed by atoms with van der Waals surface area (Å²) in [7, 11) is 0. The van der Waals surface area contributed by atoms with Crippen LogP contribution in [0, 0.1) is 24.2 Å². The van der Waals surface area contributed by atoms with Gasteiger partial charge in [0, 0.05) is 5.56 Å². The highest BCUT2D eigenvalue weighted by atomic mass is 19.1. The monoisotopic (exact) mass is 265 g/mol. The maximum absolute atomic E-state index is 13.3. The van der Waals surface area contributed by atoms with Gasteiger partial charge >= 0.3 is 0 Å². The van der Waals surface area contributed by atoms with Gasteiger partial charge in [0.15, 0.2) is 11.5 Å². The molecule has 0 aliphatic rings. The molecule has 2 aromatic rings. The average Bonchev–Trinajstić information content (AvgIpc) is 2.49. The summed E-state index contributed by atoms with van der Waals surface area (Å²) in [6.45, 7) is 6.84. The van der Waals surface area contributed by atoms with Gasteiger partial charge in [-0.15, -0.1) is 0 Å². The molecular formula is C15H8FN3O. The lowest BCUT2D eigenvalue weighted by atomic mass is 10.2. The molecule has 1 heterocycles. The highest BCUT2D eigenvalue weighted by molar-refractivity contribution is 5.76. The third-order valence-electron chi connectivity index (χ3n) is 2.38. The molecule has 96 valence electrons. The number of nitrogens with zero attached hydrogens (tertiary/aromatic N) is 3. The number of hydrogen-bond acceptors (Lipinski definition) is 3. The van der Waals surface area contributed by atoms with Gasteiger partial charge in [-0.25, -0.2) is 14.2 Å². The predicted octanol–water partition coefficient (Wildman–Crippen LogP) is 2.98. The molecule has 0 unspecified atom stereocenters. The highest BCUT2D eigenvalue weighted by Crippen LogP contribution is 2.11. The van der Waals surface area contributed by atoms with Crippen molar-refractivity contribution in [1.29, 1.82) is 0 Å². The summed E-state index contributed by atoms with van der Waals surface area (Å²) in [6.07, 6.45) is 0.908. The second-order valence-corrected chi connectivity index (χ2v) is 3.72. The molecular weight excluding hydrogens is 257 g/mol. The predicted molar refractivity (Wildman–Crippen MR) is 72.3 cm³/mol. The van der Waals surface area contributed by atoms with Gasteiger partial charge < -0.3 is 5.21 Å². The van der Waals surface area contributed by atoms with Crippen LogP contribution in [0.1, 0.15) is 17.0 Å². The van der Waals surface area contributed by atoms with E-state index in [-0.39, 0.29) is 5.69 Å². The van der Waals surface area contributed by atoms with Gasteiger partial charge in [-0.2, -0.15) is 0 Å². The van der Waals surface area contributed by atoms with Crippen LogP contribution in [0.2, 0.25) is 0 Å². The summed E-state index contributed by atoms with van der Waals surface area (Å²) < 4.78 is 13.3. The van der Waals surface area contributed by atoms with Crippen molar-refractivity contribution in [2.45, 2.75) is 0 Å². The van der Waals surface area contributed by atoms with Gasteiger partial charge in [0.05, 0.1) is 12.8 Å². The van der Waals surface area contributed by atoms with E-state index in [0.717, 1.165) is 11.8 Å². The van der Waals surface area contributed by atoms with Crippen LogP contribution in [0.15, 0.2) is 41.6 Å². The quantitative estimate of drug-likeness (QED) is 0.283. The lowest BCUT2D eigenvalue weighted by Gasteiger charge is -1.95. The van der Waals surface area contributed by atoms with Crippen LogP contribution < -0.4 is 0 Å². The molecule has 0 fully saturated rings. The molecule has 0 amide bonds. The zero-order chi connectivity index (χ0) is 14.4. The molecule has 1 aromatic carbocycles. The molecule has 20 heavy (non-hydrogen) atoms. The fourth-order valence-corrected chi connectivity index (χ4v) is 1.43. The summed E-state index contributed by atoms with van der Waals surface area (Å²) in [5.41, 5.74) is 1.54. The molecule has 0 aliphatic carbocycles. The number of oxime groups is 1. The van der Waals surface area contributed by atoms with Crippen molar-refractivity contribution in [3.05, 3.63) is 70.6 Å². The first-order chi connectivity index (χ1) is 9.72. The number of aromatic nitrogens is 1. The molecule has 0 saturated carbocycles. The summed E-state index contributed by atoms with van der Waals surface area (Å²) in [5, 5.41) is 11.1. The van der Waals surface area contributed by atoms with Gasteiger partial charge in [0.2, 0.25) is 0 Å². The zero-order valence-electron chi connectivity index (χ0n) is 10.2. The maximum Gasteiger partial charge on any atom is 0.187 e. The third-order valence-corrected chi connectivity index (χ3v) is 2.38. The standard InChI is InChI=1S/C15H8FN3O/c1-17-12-5-2-11(3-6-12)4-7-13-8-9-14(16)15(19-13)10-18-20/h2-3,5-6,8-10,20H/b18-10-. The number of benzene rings is 1. The van der Waals surface area contributed by atoms with E-state index in [0.29, 0.717) is 11.4 Å². The molecule has 5 heteroatoms. The van der Waals surface area contributed by atoms with E-state index >= 15 is 0 Å². The fourth-order valence-electron chi connectivity index (χ4n) is 1.43. The average molecular weight is 265 g/mol.